The van der Waals surface area contributed by atoms with E-state index >= 15 is 0 Å². The van der Waals surface area contributed by atoms with Gasteiger partial charge in [-0.1, -0.05) is 0 Å². The second-order valence-electron chi connectivity index (χ2n) is 6.98. The summed E-state index contributed by atoms with van der Waals surface area (Å²) in [6.45, 7) is 3.20. The summed E-state index contributed by atoms with van der Waals surface area (Å²) in [4.78, 5) is 6.28. The Labute approximate surface area is 178 Å². The van der Waals surface area contributed by atoms with Gasteiger partial charge in [0.15, 0.2) is 16.5 Å². The molecule has 0 fully saturated rings. The quantitative estimate of drug-likeness (QED) is 0.595. The van der Waals surface area contributed by atoms with E-state index in [1.165, 1.54) is 23.7 Å². The van der Waals surface area contributed by atoms with E-state index in [1.54, 1.807) is 25.8 Å². The highest BCUT2D eigenvalue weighted by molar-refractivity contribution is 7.89. The lowest BCUT2D eigenvalue weighted by atomic mass is 9.98. The number of hydrogen-bond donors (Lipinski definition) is 1. The smallest absolute Gasteiger partial charge is 0.259 e. The first-order chi connectivity index (χ1) is 13.4. The third-order valence-electron chi connectivity index (χ3n) is 4.95. The van der Waals surface area contributed by atoms with Crippen molar-refractivity contribution in [2.24, 2.45) is 7.05 Å². The third-order valence-corrected chi connectivity index (χ3v) is 6.29. The molecule has 0 amide bonds. The molecule has 0 radical (unpaired) electrons. The Kier molecular flexibility index (Phi) is 8.33. The summed E-state index contributed by atoms with van der Waals surface area (Å²) in [5.74, 6) is 1.53. The van der Waals surface area contributed by atoms with Crippen LogP contribution in [0.4, 0.5) is 0 Å². The Bertz CT molecular complexity index is 917. The fraction of sp³-hybridized carbons (Fsp3) is 0.526. The molecule has 0 spiro atoms. The topological polar surface area (TPSA) is 85.7 Å². The molecule has 162 valence electrons. The predicted octanol–water partition coefficient (Wildman–Crippen LogP) is 1.98. The van der Waals surface area contributed by atoms with E-state index in [2.05, 4.69) is 26.7 Å². The van der Waals surface area contributed by atoms with Crippen LogP contribution in [0.5, 0.6) is 11.5 Å². The number of fused-ring (bicyclic) bond motifs is 1. The van der Waals surface area contributed by atoms with Crippen LogP contribution in [0.15, 0.2) is 29.7 Å². The molecule has 3 rings (SSSR count). The minimum atomic E-state index is -3.52. The highest BCUT2D eigenvalue weighted by Crippen LogP contribution is 2.33. The van der Waals surface area contributed by atoms with Gasteiger partial charge in [-0.05, 0) is 49.1 Å². The third kappa shape index (κ3) is 5.85. The number of ether oxygens (including phenoxy) is 2. The lowest BCUT2D eigenvalue weighted by Crippen LogP contribution is -2.32. The number of methoxy groups -OCH3 is 2. The molecule has 10 heteroatoms. The summed E-state index contributed by atoms with van der Waals surface area (Å²) >= 11 is 0. The van der Waals surface area contributed by atoms with E-state index in [0.29, 0.717) is 6.54 Å². The number of aryl methyl sites for hydroxylation is 1. The molecule has 1 aliphatic heterocycles. The molecule has 0 unspecified atom stereocenters. The van der Waals surface area contributed by atoms with Crippen molar-refractivity contribution in [3.8, 4) is 11.5 Å². The van der Waals surface area contributed by atoms with Gasteiger partial charge >= 0.3 is 0 Å². The molecule has 29 heavy (non-hydrogen) atoms. The molecule has 0 saturated carbocycles. The summed E-state index contributed by atoms with van der Waals surface area (Å²) in [7, 11) is 1.53. The monoisotopic (exact) mass is 444 g/mol. The molecule has 8 nitrogen and oxygen atoms in total. The van der Waals surface area contributed by atoms with E-state index in [-0.39, 0.29) is 17.4 Å². The van der Waals surface area contributed by atoms with Crippen LogP contribution in [0.3, 0.4) is 0 Å². The highest BCUT2D eigenvalue weighted by atomic mass is 35.5. The number of hydrogen-bond acceptors (Lipinski definition) is 6. The Morgan fingerprint density at radius 2 is 1.83 bits per heavy atom. The van der Waals surface area contributed by atoms with Gasteiger partial charge in [0.1, 0.15) is 0 Å². The maximum absolute atomic E-state index is 12.1. The number of imidazole rings is 1. The zero-order chi connectivity index (χ0) is 20.1. The number of rotatable bonds is 9. The zero-order valence-electron chi connectivity index (χ0n) is 17.1. The molecule has 0 atom stereocenters. The van der Waals surface area contributed by atoms with Crippen molar-refractivity contribution in [2.45, 2.75) is 30.8 Å². The number of unbranched alkanes of at least 4 members (excludes halogenated alkanes) is 1. The van der Waals surface area contributed by atoms with Crippen LogP contribution >= 0.6 is 12.4 Å². The Morgan fingerprint density at radius 3 is 2.45 bits per heavy atom. The summed E-state index contributed by atoms with van der Waals surface area (Å²) in [6, 6.07) is 4.12. The molecule has 0 aliphatic carbocycles. The second kappa shape index (κ2) is 10.3. The lowest BCUT2D eigenvalue weighted by molar-refractivity contribution is 0.248. The van der Waals surface area contributed by atoms with Crippen molar-refractivity contribution >= 4 is 22.4 Å². The summed E-state index contributed by atoms with van der Waals surface area (Å²) in [6.07, 6.45) is 5.65. The minimum absolute atomic E-state index is 0. The molecule has 1 aliphatic rings. The van der Waals surface area contributed by atoms with Gasteiger partial charge in [-0.15, -0.1) is 12.4 Å². The summed E-state index contributed by atoms with van der Waals surface area (Å²) in [5.41, 5.74) is 2.57. The molecule has 2 aromatic rings. The van der Waals surface area contributed by atoms with E-state index in [0.717, 1.165) is 50.4 Å². The average molecular weight is 445 g/mol. The zero-order valence-corrected chi connectivity index (χ0v) is 18.7. The van der Waals surface area contributed by atoms with E-state index in [4.69, 9.17) is 9.47 Å². The number of aromatic nitrogens is 2. The fourth-order valence-electron chi connectivity index (χ4n) is 3.40. The number of halogens is 1. The van der Waals surface area contributed by atoms with Crippen molar-refractivity contribution in [1.82, 2.24) is 19.2 Å². The van der Waals surface area contributed by atoms with Gasteiger partial charge < -0.3 is 14.0 Å². The maximum Gasteiger partial charge on any atom is 0.259 e. The van der Waals surface area contributed by atoms with Gasteiger partial charge in [-0.25, -0.2) is 18.1 Å². The lowest BCUT2D eigenvalue weighted by Gasteiger charge is -2.29. The normalized spacial score (nSPS) is 14.2. The van der Waals surface area contributed by atoms with Crippen molar-refractivity contribution in [3.05, 3.63) is 35.8 Å². The van der Waals surface area contributed by atoms with Gasteiger partial charge in [0.2, 0.25) is 0 Å². The SMILES string of the molecule is COc1cc2c(cc1OC)CN(CCCCNS(=O)(=O)c1cn(C)cn1)CC2.Cl. The first-order valence-electron chi connectivity index (χ1n) is 9.36. The largest absolute Gasteiger partial charge is 0.493 e. The van der Waals surface area contributed by atoms with Crippen molar-refractivity contribution in [2.75, 3.05) is 33.9 Å². The van der Waals surface area contributed by atoms with Gasteiger partial charge in [-0.2, -0.15) is 0 Å². The molecular formula is C19H29ClN4O4S. The van der Waals surface area contributed by atoms with Crippen molar-refractivity contribution in [3.63, 3.8) is 0 Å². The molecule has 0 saturated heterocycles. The Hall–Kier alpha value is -1.81. The summed E-state index contributed by atoms with van der Waals surface area (Å²) < 4.78 is 39.3. The first-order valence-corrected chi connectivity index (χ1v) is 10.8. The number of benzene rings is 1. The predicted molar refractivity (Wildman–Crippen MR) is 113 cm³/mol. The molecule has 1 aromatic heterocycles. The van der Waals surface area contributed by atoms with Gasteiger partial charge in [0.25, 0.3) is 10.0 Å². The number of nitrogens with zero attached hydrogens (tertiary/aromatic N) is 3. The van der Waals surface area contributed by atoms with Crippen LogP contribution in [-0.2, 0) is 30.0 Å². The highest BCUT2D eigenvalue weighted by Gasteiger charge is 2.19. The van der Waals surface area contributed by atoms with Crippen molar-refractivity contribution in [1.29, 1.82) is 0 Å². The van der Waals surface area contributed by atoms with Crippen LogP contribution in [-0.4, -0.2) is 56.7 Å². The maximum atomic E-state index is 12.1. The molecular weight excluding hydrogens is 416 g/mol. The Morgan fingerprint density at radius 1 is 1.14 bits per heavy atom. The molecule has 1 N–H and O–H groups in total. The number of nitrogens with one attached hydrogen (secondary N) is 1. The van der Waals surface area contributed by atoms with Crippen LogP contribution in [0.25, 0.3) is 0 Å². The Balaban J connectivity index is 0.00000300. The standard InChI is InChI=1S/C19H28N4O4S.ClH/c1-22-13-19(20-14-22)28(24,25)21-7-4-5-8-23-9-6-15-10-17(26-2)18(27-3)11-16(15)12-23;/h10-11,13-14,21H,4-9,12H2,1-3H3;1H. The molecule has 2 heterocycles. The van der Waals surface area contributed by atoms with Gasteiger partial charge in [0, 0.05) is 32.9 Å². The first kappa shape index (κ1) is 23.5. The summed E-state index contributed by atoms with van der Waals surface area (Å²) in [5, 5.41) is 0.0620. The average Bonchev–Trinajstić information content (AvgIpc) is 3.13. The minimum Gasteiger partial charge on any atom is -0.493 e. The second-order valence-corrected chi connectivity index (χ2v) is 8.70. The van der Waals surface area contributed by atoms with Crippen LogP contribution in [0.1, 0.15) is 24.0 Å². The van der Waals surface area contributed by atoms with Crippen LogP contribution in [0, 0.1) is 0 Å². The van der Waals surface area contributed by atoms with Gasteiger partial charge in [-0.3, -0.25) is 4.90 Å². The molecule has 1 aromatic carbocycles. The van der Waals surface area contributed by atoms with E-state index in [9.17, 15) is 8.42 Å². The van der Waals surface area contributed by atoms with Crippen LogP contribution in [0.2, 0.25) is 0 Å². The fourth-order valence-corrected chi connectivity index (χ4v) is 4.45. The number of sulfonamides is 1. The van der Waals surface area contributed by atoms with E-state index < -0.39 is 10.0 Å². The van der Waals surface area contributed by atoms with Crippen LogP contribution < -0.4 is 14.2 Å². The van der Waals surface area contributed by atoms with Crippen molar-refractivity contribution < 1.29 is 17.9 Å². The molecule has 0 bridgehead atoms. The van der Waals surface area contributed by atoms with Gasteiger partial charge in [0.05, 0.1) is 20.5 Å². The van der Waals surface area contributed by atoms with E-state index in [1.807, 2.05) is 0 Å².